The third-order valence-electron chi connectivity index (χ3n) is 2.27. The molecule has 68 valence electrons. The Bertz CT molecular complexity index is 355. The molecular weight excluding hydrogens is 162 g/mol. The predicted octanol–water partition coefficient (Wildman–Crippen LogP) is 1.66. The van der Waals surface area contributed by atoms with Gasteiger partial charge in [0.2, 0.25) is 0 Å². The molecule has 0 amide bonds. The average molecular weight is 175 g/mol. The standard InChI is InChI=1S/C10H13N3/c1-12-10-8-5-3-2-4-7(8)6-9(11)13-10/h2,4,6H,3,5H2,1H3,(H3,11,12,13). The Hall–Kier alpha value is -1.51. The maximum Gasteiger partial charge on any atom is 0.131 e. The quantitative estimate of drug-likeness (QED) is 0.682. The van der Waals surface area contributed by atoms with Crippen molar-refractivity contribution in [2.75, 3.05) is 18.1 Å². The average Bonchev–Trinajstić information content (AvgIpc) is 2.16. The van der Waals surface area contributed by atoms with Crippen LogP contribution in [0.2, 0.25) is 0 Å². The van der Waals surface area contributed by atoms with Gasteiger partial charge in [-0.2, -0.15) is 0 Å². The molecule has 0 fully saturated rings. The molecule has 3 nitrogen and oxygen atoms in total. The molecule has 0 aromatic carbocycles. The monoisotopic (exact) mass is 175 g/mol. The van der Waals surface area contributed by atoms with Crippen LogP contribution >= 0.6 is 0 Å². The minimum Gasteiger partial charge on any atom is -0.384 e. The number of rotatable bonds is 1. The minimum absolute atomic E-state index is 0.578. The first-order valence-electron chi connectivity index (χ1n) is 4.45. The highest BCUT2D eigenvalue weighted by Gasteiger charge is 2.10. The van der Waals surface area contributed by atoms with Crippen molar-refractivity contribution in [2.45, 2.75) is 12.8 Å². The third kappa shape index (κ3) is 1.37. The van der Waals surface area contributed by atoms with Crippen LogP contribution in [0.1, 0.15) is 17.5 Å². The first kappa shape index (κ1) is 8.10. The van der Waals surface area contributed by atoms with Gasteiger partial charge in [-0.1, -0.05) is 12.2 Å². The van der Waals surface area contributed by atoms with Crippen molar-refractivity contribution in [1.82, 2.24) is 4.98 Å². The van der Waals surface area contributed by atoms with Crippen molar-refractivity contribution in [3.05, 3.63) is 23.3 Å². The summed E-state index contributed by atoms with van der Waals surface area (Å²) >= 11 is 0. The number of fused-ring (bicyclic) bond motifs is 1. The molecule has 3 heteroatoms. The summed E-state index contributed by atoms with van der Waals surface area (Å²) in [5.41, 5.74) is 8.15. The van der Waals surface area contributed by atoms with Gasteiger partial charge in [-0.15, -0.1) is 0 Å². The summed E-state index contributed by atoms with van der Waals surface area (Å²) in [5, 5.41) is 3.07. The summed E-state index contributed by atoms with van der Waals surface area (Å²) in [7, 11) is 1.88. The predicted molar refractivity (Wildman–Crippen MR) is 55.6 cm³/mol. The largest absolute Gasteiger partial charge is 0.384 e. The van der Waals surface area contributed by atoms with Crippen LogP contribution in [0.15, 0.2) is 12.1 Å². The summed E-state index contributed by atoms with van der Waals surface area (Å²) in [5.74, 6) is 1.49. The van der Waals surface area contributed by atoms with Crippen molar-refractivity contribution in [1.29, 1.82) is 0 Å². The SMILES string of the molecule is CNc1nc(N)cc2c1CCC=C2. The van der Waals surface area contributed by atoms with Crippen LogP contribution in [0.3, 0.4) is 0 Å². The van der Waals surface area contributed by atoms with E-state index in [1.54, 1.807) is 0 Å². The summed E-state index contributed by atoms with van der Waals surface area (Å²) in [4.78, 5) is 4.24. The molecule has 0 bridgehead atoms. The smallest absolute Gasteiger partial charge is 0.131 e. The lowest BCUT2D eigenvalue weighted by Crippen LogP contribution is -2.05. The van der Waals surface area contributed by atoms with Gasteiger partial charge in [0.15, 0.2) is 0 Å². The molecule has 1 heterocycles. The number of hydrogen-bond donors (Lipinski definition) is 2. The van der Waals surface area contributed by atoms with Crippen LogP contribution in [-0.2, 0) is 6.42 Å². The van der Waals surface area contributed by atoms with Crippen molar-refractivity contribution in [2.24, 2.45) is 0 Å². The van der Waals surface area contributed by atoms with E-state index in [2.05, 4.69) is 22.5 Å². The van der Waals surface area contributed by atoms with Crippen LogP contribution in [-0.4, -0.2) is 12.0 Å². The number of hydrogen-bond acceptors (Lipinski definition) is 3. The van der Waals surface area contributed by atoms with Gasteiger partial charge in [-0.3, -0.25) is 0 Å². The van der Waals surface area contributed by atoms with Crippen molar-refractivity contribution >= 4 is 17.7 Å². The van der Waals surface area contributed by atoms with E-state index in [0.29, 0.717) is 5.82 Å². The van der Waals surface area contributed by atoms with Gasteiger partial charge in [0, 0.05) is 12.6 Å². The van der Waals surface area contributed by atoms with Gasteiger partial charge >= 0.3 is 0 Å². The number of nitrogen functional groups attached to an aromatic ring is 1. The van der Waals surface area contributed by atoms with Crippen LogP contribution in [0.25, 0.3) is 6.08 Å². The topological polar surface area (TPSA) is 50.9 Å². The van der Waals surface area contributed by atoms with Crippen molar-refractivity contribution < 1.29 is 0 Å². The number of nitrogens with zero attached hydrogens (tertiary/aromatic N) is 1. The highest BCUT2D eigenvalue weighted by Crippen LogP contribution is 2.26. The Morgan fingerprint density at radius 1 is 1.54 bits per heavy atom. The number of aromatic nitrogens is 1. The maximum absolute atomic E-state index is 5.67. The van der Waals surface area contributed by atoms with E-state index < -0.39 is 0 Å². The molecule has 0 spiro atoms. The molecule has 1 aliphatic rings. The van der Waals surface area contributed by atoms with Crippen molar-refractivity contribution in [3.8, 4) is 0 Å². The number of nitrogens with one attached hydrogen (secondary N) is 1. The van der Waals surface area contributed by atoms with E-state index in [0.717, 1.165) is 18.7 Å². The molecule has 0 saturated heterocycles. The lowest BCUT2D eigenvalue weighted by atomic mass is 9.98. The van der Waals surface area contributed by atoms with E-state index in [-0.39, 0.29) is 0 Å². The van der Waals surface area contributed by atoms with Crippen molar-refractivity contribution in [3.63, 3.8) is 0 Å². The van der Waals surface area contributed by atoms with Gasteiger partial charge < -0.3 is 11.1 Å². The van der Waals surface area contributed by atoms with Crippen LogP contribution < -0.4 is 11.1 Å². The fraction of sp³-hybridized carbons (Fsp3) is 0.300. The fourth-order valence-corrected chi connectivity index (χ4v) is 1.67. The van der Waals surface area contributed by atoms with E-state index in [1.165, 1.54) is 11.1 Å². The van der Waals surface area contributed by atoms with Gasteiger partial charge in [-0.05, 0) is 24.5 Å². The molecule has 0 aliphatic heterocycles. The molecule has 2 rings (SSSR count). The minimum atomic E-state index is 0.578. The third-order valence-corrected chi connectivity index (χ3v) is 2.27. The van der Waals surface area contributed by atoms with E-state index in [1.807, 2.05) is 13.1 Å². The summed E-state index contributed by atoms with van der Waals surface area (Å²) in [6.07, 6.45) is 6.42. The Morgan fingerprint density at radius 3 is 3.15 bits per heavy atom. The van der Waals surface area contributed by atoms with Gasteiger partial charge in [-0.25, -0.2) is 4.98 Å². The van der Waals surface area contributed by atoms with Crippen LogP contribution in [0.5, 0.6) is 0 Å². The van der Waals surface area contributed by atoms with Gasteiger partial charge in [0.1, 0.15) is 11.6 Å². The molecule has 13 heavy (non-hydrogen) atoms. The molecule has 0 unspecified atom stereocenters. The van der Waals surface area contributed by atoms with E-state index >= 15 is 0 Å². The normalized spacial score (nSPS) is 13.9. The Labute approximate surface area is 77.7 Å². The summed E-state index contributed by atoms with van der Waals surface area (Å²) in [6.45, 7) is 0. The Balaban J connectivity index is 2.58. The highest BCUT2D eigenvalue weighted by molar-refractivity contribution is 5.66. The molecular formula is C10H13N3. The molecule has 1 aromatic rings. The van der Waals surface area contributed by atoms with E-state index in [4.69, 9.17) is 5.73 Å². The molecule has 3 N–H and O–H groups in total. The number of pyridine rings is 1. The Kier molecular flexibility index (Phi) is 1.93. The number of nitrogens with two attached hydrogens (primary N) is 1. The maximum atomic E-state index is 5.67. The molecule has 0 saturated carbocycles. The lowest BCUT2D eigenvalue weighted by Gasteiger charge is -2.14. The zero-order valence-electron chi connectivity index (χ0n) is 7.67. The second-order valence-corrected chi connectivity index (χ2v) is 3.15. The molecule has 1 aliphatic carbocycles. The Morgan fingerprint density at radius 2 is 2.38 bits per heavy atom. The molecule has 1 aromatic heterocycles. The molecule has 0 atom stereocenters. The number of anilines is 2. The van der Waals surface area contributed by atoms with Gasteiger partial charge in [0.25, 0.3) is 0 Å². The van der Waals surface area contributed by atoms with Gasteiger partial charge in [0.05, 0.1) is 0 Å². The number of allylic oxidation sites excluding steroid dienone is 1. The zero-order chi connectivity index (χ0) is 9.26. The zero-order valence-corrected chi connectivity index (χ0v) is 7.67. The van der Waals surface area contributed by atoms with Crippen LogP contribution in [0, 0.1) is 0 Å². The second-order valence-electron chi connectivity index (χ2n) is 3.15. The lowest BCUT2D eigenvalue weighted by molar-refractivity contribution is 0.973. The van der Waals surface area contributed by atoms with E-state index in [9.17, 15) is 0 Å². The fourth-order valence-electron chi connectivity index (χ4n) is 1.67. The first-order chi connectivity index (χ1) is 6.31. The first-order valence-corrected chi connectivity index (χ1v) is 4.45. The summed E-state index contributed by atoms with van der Waals surface area (Å²) < 4.78 is 0. The van der Waals surface area contributed by atoms with Crippen LogP contribution in [0.4, 0.5) is 11.6 Å². The highest BCUT2D eigenvalue weighted by atomic mass is 15.0. The summed E-state index contributed by atoms with van der Waals surface area (Å²) in [6, 6.07) is 1.92. The molecule has 0 radical (unpaired) electrons. The second kappa shape index (κ2) is 3.09.